The summed E-state index contributed by atoms with van der Waals surface area (Å²) in [5, 5.41) is 11.3. The number of aliphatic hydroxyl groups is 1. The first-order valence-corrected chi connectivity index (χ1v) is 7.91. The lowest BCUT2D eigenvalue weighted by Crippen LogP contribution is -2.47. The highest BCUT2D eigenvalue weighted by atomic mass is 32.2. The first-order valence-electron chi connectivity index (χ1n) is 6.63. The second-order valence-electron chi connectivity index (χ2n) is 5.63. The Morgan fingerprint density at radius 2 is 2.06 bits per heavy atom. The second kappa shape index (κ2) is 4.42. The Balaban J connectivity index is 1.94. The van der Waals surface area contributed by atoms with Gasteiger partial charge in [0.25, 0.3) is 0 Å². The molecule has 0 spiro atoms. The molecule has 2 aliphatic rings. The van der Waals surface area contributed by atoms with Crippen LogP contribution in [0.25, 0.3) is 0 Å². The number of aromatic nitrogens is 1. The molecule has 18 heavy (non-hydrogen) atoms. The monoisotopic (exact) mass is 265 g/mol. The minimum absolute atomic E-state index is 0.177. The lowest BCUT2D eigenvalue weighted by molar-refractivity contribution is 0.00641. The average molecular weight is 265 g/mol. The van der Waals surface area contributed by atoms with Gasteiger partial charge >= 0.3 is 0 Å². The topological polar surface area (TPSA) is 50.2 Å². The van der Waals surface area contributed by atoms with Gasteiger partial charge in [-0.3, -0.25) is 9.19 Å². The van der Waals surface area contributed by atoms with Crippen LogP contribution < -0.4 is 0 Å². The summed E-state index contributed by atoms with van der Waals surface area (Å²) >= 11 is 0. The maximum atomic E-state index is 12.2. The van der Waals surface area contributed by atoms with Gasteiger partial charge in [0.05, 0.1) is 5.60 Å². The van der Waals surface area contributed by atoms with Crippen molar-refractivity contribution in [3.05, 3.63) is 29.6 Å². The van der Waals surface area contributed by atoms with Gasteiger partial charge in [-0.1, -0.05) is 6.42 Å². The molecular weight excluding hydrogens is 246 g/mol. The quantitative estimate of drug-likeness (QED) is 0.845. The van der Waals surface area contributed by atoms with Crippen LogP contribution in [0.15, 0.2) is 18.3 Å². The van der Waals surface area contributed by atoms with Crippen LogP contribution in [0.4, 0.5) is 0 Å². The molecule has 4 heteroatoms. The van der Waals surface area contributed by atoms with Gasteiger partial charge in [0.15, 0.2) is 0 Å². The van der Waals surface area contributed by atoms with E-state index in [0.29, 0.717) is 12.8 Å². The van der Waals surface area contributed by atoms with E-state index in [-0.39, 0.29) is 10.5 Å². The number of aryl methyl sites for hydroxylation is 1. The fourth-order valence-corrected chi connectivity index (χ4v) is 5.58. The average Bonchev–Trinajstić information content (AvgIpc) is 2.31. The van der Waals surface area contributed by atoms with E-state index in [1.54, 1.807) is 6.20 Å². The van der Waals surface area contributed by atoms with Gasteiger partial charge in [0.2, 0.25) is 0 Å². The molecule has 1 N–H and O–H groups in total. The molecule has 2 bridgehead atoms. The van der Waals surface area contributed by atoms with Crippen molar-refractivity contribution in [3.8, 4) is 0 Å². The third-order valence-electron chi connectivity index (χ3n) is 4.27. The third kappa shape index (κ3) is 2.01. The van der Waals surface area contributed by atoms with Crippen molar-refractivity contribution >= 4 is 10.8 Å². The molecule has 2 atom stereocenters. The van der Waals surface area contributed by atoms with E-state index in [4.69, 9.17) is 0 Å². The molecule has 0 aromatic carbocycles. The summed E-state index contributed by atoms with van der Waals surface area (Å²) in [6.07, 6.45) is 6.18. The largest absolute Gasteiger partial charge is 0.385 e. The molecule has 3 rings (SSSR count). The van der Waals surface area contributed by atoms with E-state index in [2.05, 4.69) is 4.98 Å². The number of fused-ring (bicyclic) bond motifs is 2. The lowest BCUT2D eigenvalue weighted by Gasteiger charge is -2.43. The number of pyridine rings is 1. The predicted octanol–water partition coefficient (Wildman–Crippen LogP) is 2.04. The van der Waals surface area contributed by atoms with Crippen molar-refractivity contribution in [1.29, 1.82) is 0 Å². The van der Waals surface area contributed by atoms with Crippen molar-refractivity contribution in [3.63, 3.8) is 0 Å². The van der Waals surface area contributed by atoms with Crippen LogP contribution in [0.5, 0.6) is 0 Å². The van der Waals surface area contributed by atoms with Gasteiger partial charge in [0, 0.05) is 33.2 Å². The van der Waals surface area contributed by atoms with Crippen LogP contribution in [0, 0.1) is 6.92 Å². The lowest BCUT2D eigenvalue weighted by atomic mass is 9.80. The van der Waals surface area contributed by atoms with Gasteiger partial charge in [0.1, 0.15) is 0 Å². The molecule has 2 aliphatic heterocycles. The Hall–Kier alpha value is -0.740. The standard InChI is InChI=1S/C14H19NO2S/c1-10-7-11(5-6-15-10)14(16)8-12-3-2-4-13(9-14)18(12)17/h5-7,12-13,16H,2-4,8-9H2,1H3. The van der Waals surface area contributed by atoms with Crippen molar-refractivity contribution in [2.75, 3.05) is 0 Å². The highest BCUT2D eigenvalue weighted by molar-refractivity contribution is 7.86. The van der Waals surface area contributed by atoms with Gasteiger partial charge in [-0.05, 0) is 50.3 Å². The van der Waals surface area contributed by atoms with Crippen LogP contribution in [0.1, 0.15) is 43.4 Å². The zero-order valence-electron chi connectivity index (χ0n) is 10.6. The fraction of sp³-hybridized carbons (Fsp3) is 0.643. The molecule has 0 amide bonds. The summed E-state index contributed by atoms with van der Waals surface area (Å²) in [5.74, 6) is 0. The maximum Gasteiger partial charge on any atom is 0.0920 e. The number of hydrogen-bond donors (Lipinski definition) is 1. The highest BCUT2D eigenvalue weighted by Gasteiger charge is 2.46. The smallest absolute Gasteiger partial charge is 0.0920 e. The van der Waals surface area contributed by atoms with Gasteiger partial charge < -0.3 is 5.11 Å². The van der Waals surface area contributed by atoms with Crippen molar-refractivity contribution in [2.24, 2.45) is 0 Å². The van der Waals surface area contributed by atoms with Crippen molar-refractivity contribution in [2.45, 2.75) is 55.1 Å². The summed E-state index contributed by atoms with van der Waals surface area (Å²) in [5.41, 5.74) is 1.08. The van der Waals surface area contributed by atoms with E-state index >= 15 is 0 Å². The van der Waals surface area contributed by atoms with E-state index in [0.717, 1.165) is 30.5 Å². The first-order chi connectivity index (χ1) is 8.58. The molecular formula is C14H19NO2S. The second-order valence-corrected chi connectivity index (χ2v) is 7.62. The van der Waals surface area contributed by atoms with Gasteiger partial charge in [-0.25, -0.2) is 0 Å². The Morgan fingerprint density at radius 3 is 2.67 bits per heavy atom. The third-order valence-corrected chi connectivity index (χ3v) is 6.39. The van der Waals surface area contributed by atoms with Crippen LogP contribution in [0.2, 0.25) is 0 Å². The minimum atomic E-state index is -0.794. The van der Waals surface area contributed by atoms with E-state index < -0.39 is 16.4 Å². The number of nitrogens with zero attached hydrogens (tertiary/aromatic N) is 1. The SMILES string of the molecule is Cc1cc(C2(O)CC3CCCC(C2)S3=O)ccn1. The molecule has 1 aromatic heterocycles. The summed E-state index contributed by atoms with van der Waals surface area (Å²) in [4.78, 5) is 4.18. The predicted molar refractivity (Wildman–Crippen MR) is 71.7 cm³/mol. The van der Waals surface area contributed by atoms with Crippen molar-refractivity contribution in [1.82, 2.24) is 4.98 Å². The van der Waals surface area contributed by atoms with Crippen molar-refractivity contribution < 1.29 is 9.32 Å². The molecule has 0 radical (unpaired) electrons. The molecule has 2 unspecified atom stereocenters. The van der Waals surface area contributed by atoms with Crippen LogP contribution in [-0.4, -0.2) is 24.8 Å². The van der Waals surface area contributed by atoms with Crippen LogP contribution >= 0.6 is 0 Å². The molecule has 2 fully saturated rings. The molecule has 0 saturated carbocycles. The molecule has 2 saturated heterocycles. The molecule has 1 aromatic rings. The summed E-state index contributed by atoms with van der Waals surface area (Å²) in [7, 11) is -0.737. The normalized spacial score (nSPS) is 39.6. The molecule has 3 nitrogen and oxygen atoms in total. The fourth-order valence-electron chi connectivity index (χ4n) is 3.35. The Labute approximate surface area is 110 Å². The van der Waals surface area contributed by atoms with Crippen LogP contribution in [0.3, 0.4) is 0 Å². The zero-order valence-corrected chi connectivity index (χ0v) is 11.4. The number of hydrogen-bond acceptors (Lipinski definition) is 3. The van der Waals surface area contributed by atoms with E-state index in [9.17, 15) is 9.32 Å². The first kappa shape index (κ1) is 12.3. The molecule has 0 aliphatic carbocycles. The van der Waals surface area contributed by atoms with Gasteiger partial charge in [-0.2, -0.15) is 0 Å². The van der Waals surface area contributed by atoms with Crippen LogP contribution in [-0.2, 0) is 16.4 Å². The molecule has 98 valence electrons. The highest BCUT2D eigenvalue weighted by Crippen LogP contribution is 2.44. The Kier molecular flexibility index (Phi) is 3.02. The zero-order chi connectivity index (χ0) is 12.8. The Morgan fingerprint density at radius 1 is 1.39 bits per heavy atom. The summed E-state index contributed by atoms with van der Waals surface area (Å²) < 4.78 is 12.2. The minimum Gasteiger partial charge on any atom is -0.385 e. The summed E-state index contributed by atoms with van der Waals surface area (Å²) in [6, 6.07) is 3.86. The molecule has 3 heterocycles. The number of rotatable bonds is 1. The van der Waals surface area contributed by atoms with E-state index in [1.165, 1.54) is 0 Å². The van der Waals surface area contributed by atoms with Gasteiger partial charge in [-0.15, -0.1) is 0 Å². The van der Waals surface area contributed by atoms with E-state index in [1.807, 2.05) is 19.1 Å². The summed E-state index contributed by atoms with van der Waals surface area (Å²) in [6.45, 7) is 1.94. The maximum absolute atomic E-state index is 12.2. The Bertz CT molecular complexity index is 472.